The first-order valence-electron chi connectivity index (χ1n) is 5.72. The molecule has 1 saturated heterocycles. The quantitative estimate of drug-likeness (QED) is 0.791. The van der Waals surface area contributed by atoms with Crippen molar-refractivity contribution in [1.82, 2.24) is 19.9 Å². The van der Waals surface area contributed by atoms with Crippen LogP contribution in [0.2, 0.25) is 5.28 Å². The molecular formula is C11H14ClN5. The van der Waals surface area contributed by atoms with Crippen molar-refractivity contribution in [1.29, 1.82) is 0 Å². The van der Waals surface area contributed by atoms with E-state index in [9.17, 15) is 0 Å². The summed E-state index contributed by atoms with van der Waals surface area (Å²) in [5.41, 5.74) is 1.60. The van der Waals surface area contributed by atoms with Crippen molar-refractivity contribution in [3.05, 3.63) is 11.6 Å². The van der Waals surface area contributed by atoms with Gasteiger partial charge in [-0.25, -0.2) is 4.98 Å². The maximum absolute atomic E-state index is 5.95. The second-order valence-electron chi connectivity index (χ2n) is 4.99. The number of H-pyrrole nitrogens is 1. The van der Waals surface area contributed by atoms with Crippen molar-refractivity contribution in [2.45, 2.75) is 32.2 Å². The van der Waals surface area contributed by atoms with Gasteiger partial charge in [-0.2, -0.15) is 9.97 Å². The molecule has 6 heteroatoms. The van der Waals surface area contributed by atoms with Crippen LogP contribution < -0.4 is 4.90 Å². The van der Waals surface area contributed by atoms with Crippen LogP contribution in [0.4, 0.5) is 5.82 Å². The van der Waals surface area contributed by atoms with Crippen LogP contribution in [0.1, 0.15) is 26.7 Å². The van der Waals surface area contributed by atoms with Gasteiger partial charge in [-0.05, 0) is 38.3 Å². The highest BCUT2D eigenvalue weighted by Crippen LogP contribution is 2.35. The minimum absolute atomic E-state index is 0.107. The molecule has 1 aliphatic heterocycles. The molecule has 0 bridgehead atoms. The summed E-state index contributed by atoms with van der Waals surface area (Å²) in [6.07, 6.45) is 3.96. The Labute approximate surface area is 104 Å². The number of hydrogen-bond donors (Lipinski definition) is 1. The van der Waals surface area contributed by atoms with Crippen LogP contribution in [-0.2, 0) is 0 Å². The maximum atomic E-state index is 5.95. The first-order chi connectivity index (χ1) is 8.08. The number of anilines is 1. The fraction of sp³-hybridized carbons (Fsp3) is 0.545. The fourth-order valence-electron chi connectivity index (χ4n) is 2.49. The Morgan fingerprint density at radius 2 is 2.24 bits per heavy atom. The van der Waals surface area contributed by atoms with Crippen molar-refractivity contribution in [2.24, 2.45) is 0 Å². The Bertz CT molecular complexity index is 562. The lowest BCUT2D eigenvalue weighted by atomic mass is 10.0. The van der Waals surface area contributed by atoms with Gasteiger partial charge in [0.1, 0.15) is 5.52 Å². The molecule has 0 unspecified atom stereocenters. The van der Waals surface area contributed by atoms with Gasteiger partial charge in [-0.15, -0.1) is 0 Å². The smallest absolute Gasteiger partial charge is 0.226 e. The third-order valence-electron chi connectivity index (χ3n) is 3.40. The second-order valence-corrected chi connectivity index (χ2v) is 5.32. The van der Waals surface area contributed by atoms with E-state index in [0.29, 0.717) is 5.65 Å². The van der Waals surface area contributed by atoms with E-state index in [-0.39, 0.29) is 10.8 Å². The molecule has 90 valence electrons. The molecule has 2 aromatic rings. The zero-order valence-corrected chi connectivity index (χ0v) is 10.6. The third-order valence-corrected chi connectivity index (χ3v) is 3.56. The molecule has 0 aromatic carbocycles. The molecule has 17 heavy (non-hydrogen) atoms. The standard InChI is InChI=1S/C11H14ClN5/c1-11(2)4-3-5-17(11)9-7-8(14-6-13-7)15-10(12)16-9/h6H,3-5H2,1-2H3,(H,13,14,15,16). The highest BCUT2D eigenvalue weighted by Gasteiger charge is 2.34. The van der Waals surface area contributed by atoms with Crippen LogP contribution in [0.25, 0.3) is 11.2 Å². The summed E-state index contributed by atoms with van der Waals surface area (Å²) in [6, 6.07) is 0. The number of rotatable bonds is 1. The van der Waals surface area contributed by atoms with E-state index in [2.05, 4.69) is 38.7 Å². The Morgan fingerprint density at radius 3 is 2.94 bits per heavy atom. The molecule has 0 spiro atoms. The van der Waals surface area contributed by atoms with E-state index in [1.54, 1.807) is 6.33 Å². The Kier molecular flexibility index (Phi) is 2.26. The van der Waals surface area contributed by atoms with Gasteiger partial charge >= 0.3 is 0 Å². The first kappa shape index (κ1) is 10.8. The molecule has 0 radical (unpaired) electrons. The van der Waals surface area contributed by atoms with Gasteiger partial charge < -0.3 is 9.88 Å². The summed E-state index contributed by atoms with van der Waals surface area (Å²) in [4.78, 5) is 18.0. The predicted octanol–water partition coefficient (Wildman–Crippen LogP) is 2.39. The lowest BCUT2D eigenvalue weighted by molar-refractivity contribution is 0.515. The van der Waals surface area contributed by atoms with Crippen molar-refractivity contribution in [3.63, 3.8) is 0 Å². The molecule has 1 N–H and O–H groups in total. The summed E-state index contributed by atoms with van der Waals surface area (Å²) in [5, 5.41) is 0.252. The van der Waals surface area contributed by atoms with Gasteiger partial charge in [-0.3, -0.25) is 0 Å². The van der Waals surface area contributed by atoms with Crippen LogP contribution in [0.15, 0.2) is 6.33 Å². The lowest BCUT2D eigenvalue weighted by Crippen LogP contribution is -2.38. The Morgan fingerprint density at radius 1 is 1.41 bits per heavy atom. The number of nitrogens with one attached hydrogen (secondary N) is 1. The fourth-order valence-corrected chi connectivity index (χ4v) is 2.65. The number of aromatic nitrogens is 4. The van der Waals surface area contributed by atoms with E-state index in [1.807, 2.05) is 0 Å². The van der Waals surface area contributed by atoms with Crippen LogP contribution in [0, 0.1) is 0 Å². The van der Waals surface area contributed by atoms with E-state index in [4.69, 9.17) is 11.6 Å². The zero-order chi connectivity index (χ0) is 12.0. The van der Waals surface area contributed by atoms with Crippen LogP contribution >= 0.6 is 11.6 Å². The normalized spacial score (nSPS) is 19.1. The van der Waals surface area contributed by atoms with Gasteiger partial charge in [0.2, 0.25) is 5.28 Å². The molecule has 2 aromatic heterocycles. The van der Waals surface area contributed by atoms with E-state index in [1.165, 1.54) is 6.42 Å². The van der Waals surface area contributed by atoms with Crippen molar-refractivity contribution in [3.8, 4) is 0 Å². The van der Waals surface area contributed by atoms with E-state index < -0.39 is 0 Å². The number of imidazole rings is 1. The molecule has 0 saturated carbocycles. The van der Waals surface area contributed by atoms with E-state index >= 15 is 0 Å². The molecule has 1 aliphatic rings. The number of fused-ring (bicyclic) bond motifs is 1. The molecule has 1 fully saturated rings. The minimum atomic E-state index is 0.107. The SMILES string of the molecule is CC1(C)CCCN1c1nc(Cl)nc2nc[nH]c12. The second kappa shape index (κ2) is 3.57. The molecular weight excluding hydrogens is 238 g/mol. The summed E-state index contributed by atoms with van der Waals surface area (Å²) < 4.78 is 0. The average Bonchev–Trinajstić information content (AvgIpc) is 2.82. The number of halogens is 1. The summed E-state index contributed by atoms with van der Waals surface area (Å²) in [6.45, 7) is 5.44. The largest absolute Gasteiger partial charge is 0.350 e. The zero-order valence-electron chi connectivity index (χ0n) is 9.87. The van der Waals surface area contributed by atoms with Crippen molar-refractivity contribution in [2.75, 3.05) is 11.4 Å². The van der Waals surface area contributed by atoms with Crippen LogP contribution in [0.3, 0.4) is 0 Å². The lowest BCUT2D eigenvalue weighted by Gasteiger charge is -2.32. The third kappa shape index (κ3) is 1.65. The topological polar surface area (TPSA) is 57.7 Å². The summed E-state index contributed by atoms with van der Waals surface area (Å²) in [5.74, 6) is 0.861. The first-order valence-corrected chi connectivity index (χ1v) is 6.10. The van der Waals surface area contributed by atoms with Gasteiger partial charge in [0.15, 0.2) is 11.5 Å². The van der Waals surface area contributed by atoms with Crippen molar-refractivity contribution >= 4 is 28.6 Å². The van der Waals surface area contributed by atoms with Gasteiger partial charge in [0.05, 0.1) is 6.33 Å². The summed E-state index contributed by atoms with van der Waals surface area (Å²) in [7, 11) is 0. The molecule has 3 rings (SSSR count). The van der Waals surface area contributed by atoms with Gasteiger partial charge in [-0.1, -0.05) is 0 Å². The van der Waals surface area contributed by atoms with Gasteiger partial charge in [0, 0.05) is 12.1 Å². The number of hydrogen-bond acceptors (Lipinski definition) is 4. The van der Waals surface area contributed by atoms with Gasteiger partial charge in [0.25, 0.3) is 0 Å². The maximum Gasteiger partial charge on any atom is 0.226 e. The Balaban J connectivity index is 2.19. The molecule has 0 aliphatic carbocycles. The monoisotopic (exact) mass is 251 g/mol. The Hall–Kier alpha value is -1.36. The molecule has 5 nitrogen and oxygen atoms in total. The minimum Gasteiger partial charge on any atom is -0.350 e. The number of aromatic amines is 1. The van der Waals surface area contributed by atoms with Crippen molar-refractivity contribution < 1.29 is 0 Å². The molecule has 0 atom stereocenters. The molecule has 3 heterocycles. The highest BCUT2D eigenvalue weighted by molar-refractivity contribution is 6.28. The molecule has 0 amide bonds. The van der Waals surface area contributed by atoms with E-state index in [0.717, 1.165) is 24.3 Å². The van der Waals surface area contributed by atoms with Crippen LogP contribution in [-0.4, -0.2) is 32.0 Å². The van der Waals surface area contributed by atoms with Crippen LogP contribution in [0.5, 0.6) is 0 Å². The number of nitrogens with zero attached hydrogens (tertiary/aromatic N) is 4. The predicted molar refractivity (Wildman–Crippen MR) is 67.4 cm³/mol. The average molecular weight is 252 g/mol. The highest BCUT2D eigenvalue weighted by atomic mass is 35.5. The summed E-state index contributed by atoms with van der Waals surface area (Å²) >= 11 is 5.95.